The minimum atomic E-state index is -2.21. The molecule has 1 aromatic carbocycles. The third-order valence-corrected chi connectivity index (χ3v) is 2.74. The van der Waals surface area contributed by atoms with Crippen LogP contribution in [0.4, 0.5) is 22.0 Å². The molecular formula is C10H9F5O2S. The number of benzene rings is 1. The molecule has 0 fully saturated rings. The highest BCUT2D eigenvalue weighted by molar-refractivity contribution is 7.94. The van der Waals surface area contributed by atoms with E-state index < -0.39 is 40.1 Å². The van der Waals surface area contributed by atoms with E-state index in [0.717, 1.165) is 0 Å². The monoisotopic (exact) mass is 288 g/mol. The molecule has 18 heavy (non-hydrogen) atoms. The Balaban J connectivity index is 2.83. The van der Waals surface area contributed by atoms with Crippen LogP contribution in [0.2, 0.25) is 0 Å². The average molecular weight is 288 g/mol. The van der Waals surface area contributed by atoms with E-state index >= 15 is 0 Å². The number of rotatable bonds is 5. The summed E-state index contributed by atoms with van der Waals surface area (Å²) in [6.07, 6.45) is -0.524. The van der Waals surface area contributed by atoms with E-state index in [9.17, 15) is 22.0 Å². The summed E-state index contributed by atoms with van der Waals surface area (Å²) in [5.74, 6) is -10.1. The van der Waals surface area contributed by atoms with Gasteiger partial charge in [0.05, 0.1) is 12.7 Å². The predicted octanol–water partition coefficient (Wildman–Crippen LogP) is 3.18. The summed E-state index contributed by atoms with van der Waals surface area (Å²) in [5, 5.41) is 8.88. The van der Waals surface area contributed by atoms with Gasteiger partial charge in [0.25, 0.3) is 0 Å². The Kier molecular flexibility index (Phi) is 5.36. The van der Waals surface area contributed by atoms with Crippen molar-refractivity contribution in [2.45, 2.75) is 24.3 Å². The second-order valence-corrected chi connectivity index (χ2v) is 4.25. The van der Waals surface area contributed by atoms with Crippen LogP contribution >= 0.6 is 12.0 Å². The van der Waals surface area contributed by atoms with E-state index in [2.05, 4.69) is 4.18 Å². The van der Waals surface area contributed by atoms with Gasteiger partial charge in [0.1, 0.15) is 4.90 Å². The van der Waals surface area contributed by atoms with Crippen molar-refractivity contribution in [1.29, 1.82) is 0 Å². The van der Waals surface area contributed by atoms with E-state index in [1.165, 1.54) is 6.92 Å². The minimum absolute atomic E-state index is 0.0449. The summed E-state index contributed by atoms with van der Waals surface area (Å²) in [6, 6.07) is 0. The molecule has 1 rings (SSSR count). The van der Waals surface area contributed by atoms with Crippen LogP contribution in [0.25, 0.3) is 0 Å². The lowest BCUT2D eigenvalue weighted by Crippen LogP contribution is -2.05. The molecule has 0 aliphatic carbocycles. The molecule has 0 spiro atoms. The number of aliphatic hydroxyl groups excluding tert-OH is 1. The first-order valence-electron chi connectivity index (χ1n) is 4.85. The van der Waals surface area contributed by atoms with Crippen molar-refractivity contribution in [3.63, 3.8) is 0 Å². The standard InChI is InChI=1S/C10H9F5O2S/c1-4(16)2-3-17-18-10-8(14)6(12)5(11)7(13)9(10)15/h4,16H,2-3H2,1H3. The first-order chi connectivity index (χ1) is 8.36. The summed E-state index contributed by atoms with van der Waals surface area (Å²) in [4.78, 5) is -1.10. The molecule has 1 unspecified atom stereocenters. The second kappa shape index (κ2) is 6.35. The summed E-state index contributed by atoms with van der Waals surface area (Å²) < 4.78 is 69.1. The summed E-state index contributed by atoms with van der Waals surface area (Å²) >= 11 is 0.0449. The molecule has 0 radical (unpaired) electrons. The van der Waals surface area contributed by atoms with Crippen molar-refractivity contribution in [2.75, 3.05) is 6.61 Å². The van der Waals surface area contributed by atoms with Gasteiger partial charge in [0.2, 0.25) is 5.82 Å². The Morgan fingerprint density at radius 3 is 1.89 bits per heavy atom. The smallest absolute Gasteiger partial charge is 0.200 e. The molecule has 2 nitrogen and oxygen atoms in total. The van der Waals surface area contributed by atoms with Crippen molar-refractivity contribution in [3.8, 4) is 0 Å². The lowest BCUT2D eigenvalue weighted by molar-refractivity contribution is 0.162. The van der Waals surface area contributed by atoms with E-state index in [4.69, 9.17) is 5.11 Å². The fourth-order valence-electron chi connectivity index (χ4n) is 0.977. The zero-order valence-electron chi connectivity index (χ0n) is 9.15. The largest absolute Gasteiger partial charge is 0.393 e. The van der Waals surface area contributed by atoms with Gasteiger partial charge in [-0.25, -0.2) is 22.0 Å². The van der Waals surface area contributed by atoms with Crippen molar-refractivity contribution in [3.05, 3.63) is 29.1 Å². The van der Waals surface area contributed by atoms with Crippen LogP contribution in [0.1, 0.15) is 13.3 Å². The van der Waals surface area contributed by atoms with E-state index in [-0.39, 0.29) is 25.1 Å². The molecular weight excluding hydrogens is 279 g/mol. The Hall–Kier alpha value is -0.860. The van der Waals surface area contributed by atoms with Gasteiger partial charge in [0, 0.05) is 12.0 Å². The van der Waals surface area contributed by atoms with Crippen LogP contribution in [-0.4, -0.2) is 17.8 Å². The van der Waals surface area contributed by atoms with Crippen molar-refractivity contribution in [2.24, 2.45) is 0 Å². The zero-order chi connectivity index (χ0) is 13.9. The van der Waals surface area contributed by atoms with Crippen LogP contribution in [0, 0.1) is 29.1 Å². The summed E-state index contributed by atoms with van der Waals surface area (Å²) in [6.45, 7) is 1.37. The highest BCUT2D eigenvalue weighted by atomic mass is 32.2. The van der Waals surface area contributed by atoms with Gasteiger partial charge < -0.3 is 9.29 Å². The lowest BCUT2D eigenvalue weighted by atomic mass is 10.3. The van der Waals surface area contributed by atoms with Gasteiger partial charge in [0.15, 0.2) is 23.3 Å². The average Bonchev–Trinajstić information content (AvgIpc) is 2.32. The number of aliphatic hydroxyl groups is 1. The summed E-state index contributed by atoms with van der Waals surface area (Å²) in [5.41, 5.74) is 0. The van der Waals surface area contributed by atoms with Crippen LogP contribution in [0.3, 0.4) is 0 Å². The highest BCUT2D eigenvalue weighted by Crippen LogP contribution is 2.31. The topological polar surface area (TPSA) is 29.5 Å². The van der Waals surface area contributed by atoms with Crippen LogP contribution in [-0.2, 0) is 4.18 Å². The fourth-order valence-corrected chi connectivity index (χ4v) is 1.60. The zero-order valence-corrected chi connectivity index (χ0v) is 9.96. The maximum atomic E-state index is 13.1. The van der Waals surface area contributed by atoms with Gasteiger partial charge in [-0.2, -0.15) is 0 Å². The van der Waals surface area contributed by atoms with E-state index in [1.807, 2.05) is 0 Å². The fraction of sp³-hybridized carbons (Fsp3) is 0.400. The van der Waals surface area contributed by atoms with Crippen LogP contribution in [0.5, 0.6) is 0 Å². The molecule has 0 bridgehead atoms. The van der Waals surface area contributed by atoms with Gasteiger partial charge >= 0.3 is 0 Å². The lowest BCUT2D eigenvalue weighted by Gasteiger charge is -2.08. The molecule has 0 saturated carbocycles. The van der Waals surface area contributed by atoms with E-state index in [1.54, 1.807) is 0 Å². The molecule has 0 amide bonds. The van der Waals surface area contributed by atoms with Crippen molar-refractivity contribution < 1.29 is 31.2 Å². The molecule has 1 N–H and O–H groups in total. The number of hydrogen-bond donors (Lipinski definition) is 1. The second-order valence-electron chi connectivity index (χ2n) is 3.44. The normalized spacial score (nSPS) is 12.8. The first kappa shape index (κ1) is 15.2. The van der Waals surface area contributed by atoms with Crippen molar-refractivity contribution in [1.82, 2.24) is 0 Å². The Labute approximate surface area is 104 Å². The molecule has 8 heteroatoms. The number of halogens is 5. The molecule has 102 valence electrons. The minimum Gasteiger partial charge on any atom is -0.393 e. The third kappa shape index (κ3) is 3.33. The molecule has 1 aromatic rings. The maximum Gasteiger partial charge on any atom is 0.200 e. The van der Waals surface area contributed by atoms with Crippen LogP contribution in [0.15, 0.2) is 4.90 Å². The van der Waals surface area contributed by atoms with Gasteiger partial charge in [-0.1, -0.05) is 0 Å². The van der Waals surface area contributed by atoms with Gasteiger partial charge in [-0.05, 0) is 13.3 Å². The van der Waals surface area contributed by atoms with Crippen molar-refractivity contribution >= 4 is 12.0 Å². The maximum absolute atomic E-state index is 13.1. The van der Waals surface area contributed by atoms with Crippen LogP contribution < -0.4 is 0 Å². The molecule has 0 aliphatic rings. The van der Waals surface area contributed by atoms with E-state index in [0.29, 0.717) is 0 Å². The molecule has 0 heterocycles. The Morgan fingerprint density at radius 2 is 1.44 bits per heavy atom. The highest BCUT2D eigenvalue weighted by Gasteiger charge is 2.26. The Morgan fingerprint density at radius 1 is 1.00 bits per heavy atom. The predicted molar refractivity (Wildman–Crippen MR) is 54.3 cm³/mol. The molecule has 0 aliphatic heterocycles. The molecule has 0 aromatic heterocycles. The van der Waals surface area contributed by atoms with Gasteiger partial charge in [-0.3, -0.25) is 0 Å². The Bertz CT molecular complexity index is 410. The quantitative estimate of drug-likeness (QED) is 0.297. The third-order valence-electron chi connectivity index (χ3n) is 1.93. The number of hydrogen-bond acceptors (Lipinski definition) is 3. The summed E-state index contributed by atoms with van der Waals surface area (Å²) in [7, 11) is 0. The first-order valence-corrected chi connectivity index (χ1v) is 5.59. The van der Waals surface area contributed by atoms with Gasteiger partial charge in [-0.15, -0.1) is 0 Å². The molecule has 1 atom stereocenters. The SMILES string of the molecule is CC(O)CCOSc1c(F)c(F)c(F)c(F)c1F. The molecule has 0 saturated heterocycles.